The summed E-state index contributed by atoms with van der Waals surface area (Å²) in [5, 5.41) is 2.76. The van der Waals surface area contributed by atoms with Crippen LogP contribution in [0.4, 0.5) is 5.69 Å². The number of nitrogens with one attached hydrogen (secondary N) is 1. The maximum absolute atomic E-state index is 12.8. The number of carbonyl (C=O) groups excluding carboxylic acids is 3. The van der Waals surface area contributed by atoms with Crippen LogP contribution in [0.1, 0.15) is 46.2 Å². The molecule has 0 aliphatic heterocycles. The predicted octanol–water partition coefficient (Wildman–Crippen LogP) is 4.22. The van der Waals surface area contributed by atoms with E-state index in [4.69, 9.17) is 18.6 Å². The van der Waals surface area contributed by atoms with E-state index in [9.17, 15) is 14.4 Å². The van der Waals surface area contributed by atoms with Gasteiger partial charge in [0.25, 0.3) is 11.8 Å². The summed E-state index contributed by atoms with van der Waals surface area (Å²) in [5.74, 6) is -0.0131. The third kappa shape index (κ3) is 6.88. The standard InChI is InChI=1S/C27H30N2O7/c1-4-5-14-35-23-13-12-19(16-24(23)33-3)27(32)36-18-25(30)29(2)22-11-7-6-10-21(22)26(31)28-17-20-9-8-15-34-20/h6-13,15-16H,4-5,14,17-18H2,1-3H3,(H,28,31). The first kappa shape index (κ1) is 26.3. The van der Waals surface area contributed by atoms with Crippen LogP contribution in [-0.4, -0.2) is 45.2 Å². The number of unbranched alkanes of at least 4 members (excludes halogenated alkanes) is 1. The quantitative estimate of drug-likeness (QED) is 0.297. The van der Waals surface area contributed by atoms with Gasteiger partial charge in [0.05, 0.1) is 43.3 Å². The van der Waals surface area contributed by atoms with Gasteiger partial charge in [-0.25, -0.2) is 4.79 Å². The van der Waals surface area contributed by atoms with Crippen molar-refractivity contribution in [1.82, 2.24) is 5.32 Å². The summed E-state index contributed by atoms with van der Waals surface area (Å²) < 4.78 is 21.4. The van der Waals surface area contributed by atoms with Crippen LogP contribution in [0.2, 0.25) is 0 Å². The number of ether oxygens (including phenoxy) is 3. The molecule has 1 N–H and O–H groups in total. The molecular weight excluding hydrogens is 464 g/mol. The van der Waals surface area contributed by atoms with Gasteiger partial charge in [0.15, 0.2) is 18.1 Å². The zero-order valence-corrected chi connectivity index (χ0v) is 20.6. The molecule has 0 bridgehead atoms. The van der Waals surface area contributed by atoms with Crippen molar-refractivity contribution in [2.45, 2.75) is 26.3 Å². The van der Waals surface area contributed by atoms with Crippen molar-refractivity contribution in [3.63, 3.8) is 0 Å². The lowest BCUT2D eigenvalue weighted by atomic mass is 10.1. The molecule has 1 heterocycles. The number of hydrogen-bond acceptors (Lipinski definition) is 7. The number of likely N-dealkylation sites (N-methyl/N-ethyl adjacent to an activating group) is 1. The number of para-hydroxylation sites is 1. The van der Waals surface area contributed by atoms with E-state index < -0.39 is 18.5 Å². The Bertz CT molecular complexity index is 1170. The van der Waals surface area contributed by atoms with Gasteiger partial charge in [-0.3, -0.25) is 9.59 Å². The van der Waals surface area contributed by atoms with Gasteiger partial charge in [-0.1, -0.05) is 25.5 Å². The Labute approximate surface area is 209 Å². The highest BCUT2D eigenvalue weighted by Crippen LogP contribution is 2.28. The highest BCUT2D eigenvalue weighted by molar-refractivity contribution is 6.05. The maximum Gasteiger partial charge on any atom is 0.338 e. The average molecular weight is 495 g/mol. The molecule has 190 valence electrons. The second-order valence-electron chi connectivity index (χ2n) is 7.88. The summed E-state index contributed by atoms with van der Waals surface area (Å²) in [7, 11) is 3.00. The Morgan fingerprint density at radius 3 is 2.56 bits per heavy atom. The van der Waals surface area contributed by atoms with Gasteiger partial charge in [-0.05, 0) is 48.9 Å². The van der Waals surface area contributed by atoms with Gasteiger partial charge in [-0.15, -0.1) is 0 Å². The number of amides is 2. The predicted molar refractivity (Wildman–Crippen MR) is 133 cm³/mol. The highest BCUT2D eigenvalue weighted by Gasteiger charge is 2.20. The molecule has 36 heavy (non-hydrogen) atoms. The number of rotatable bonds is 12. The molecule has 0 aliphatic carbocycles. The number of hydrogen-bond donors (Lipinski definition) is 1. The summed E-state index contributed by atoms with van der Waals surface area (Å²) >= 11 is 0. The Kier molecular flexibility index (Phi) is 9.50. The molecular formula is C27H30N2O7. The molecule has 0 atom stereocenters. The van der Waals surface area contributed by atoms with Gasteiger partial charge in [-0.2, -0.15) is 0 Å². The van der Waals surface area contributed by atoms with Crippen LogP contribution in [-0.2, 0) is 16.1 Å². The normalized spacial score (nSPS) is 10.4. The Morgan fingerprint density at radius 2 is 1.83 bits per heavy atom. The number of carbonyl (C=O) groups is 3. The van der Waals surface area contributed by atoms with Crippen LogP contribution in [0.25, 0.3) is 0 Å². The first-order valence-electron chi connectivity index (χ1n) is 11.6. The molecule has 0 radical (unpaired) electrons. The molecule has 2 aromatic carbocycles. The molecule has 0 saturated heterocycles. The number of furan rings is 1. The number of benzene rings is 2. The summed E-state index contributed by atoms with van der Waals surface area (Å²) in [6, 6.07) is 14.8. The second kappa shape index (κ2) is 13.0. The Hall–Kier alpha value is -4.27. The molecule has 2 amide bonds. The SMILES string of the molecule is CCCCOc1ccc(C(=O)OCC(=O)N(C)c2ccccc2C(=O)NCc2ccco2)cc1OC. The fourth-order valence-electron chi connectivity index (χ4n) is 3.32. The summed E-state index contributed by atoms with van der Waals surface area (Å²) in [6.07, 6.45) is 3.42. The molecule has 9 heteroatoms. The van der Waals surface area contributed by atoms with Crippen LogP contribution in [0, 0.1) is 0 Å². The fourth-order valence-corrected chi connectivity index (χ4v) is 3.32. The molecule has 1 aromatic heterocycles. The molecule has 0 unspecified atom stereocenters. The van der Waals surface area contributed by atoms with Crippen LogP contribution in [0.5, 0.6) is 11.5 Å². The van der Waals surface area contributed by atoms with E-state index in [1.54, 1.807) is 48.5 Å². The minimum Gasteiger partial charge on any atom is -0.493 e. The summed E-state index contributed by atoms with van der Waals surface area (Å²) in [5.41, 5.74) is 0.906. The van der Waals surface area contributed by atoms with E-state index in [0.29, 0.717) is 35.1 Å². The van der Waals surface area contributed by atoms with Crippen molar-refractivity contribution in [2.24, 2.45) is 0 Å². The topological polar surface area (TPSA) is 107 Å². The van der Waals surface area contributed by atoms with Crippen LogP contribution in [0.15, 0.2) is 65.3 Å². The van der Waals surface area contributed by atoms with Crippen molar-refractivity contribution in [3.05, 3.63) is 77.7 Å². The monoisotopic (exact) mass is 494 g/mol. The lowest BCUT2D eigenvalue weighted by Crippen LogP contribution is -2.33. The smallest absolute Gasteiger partial charge is 0.338 e. The zero-order chi connectivity index (χ0) is 25.9. The van der Waals surface area contributed by atoms with Crippen molar-refractivity contribution in [1.29, 1.82) is 0 Å². The minimum absolute atomic E-state index is 0.210. The second-order valence-corrected chi connectivity index (χ2v) is 7.88. The Morgan fingerprint density at radius 1 is 1.03 bits per heavy atom. The summed E-state index contributed by atoms with van der Waals surface area (Å²) in [4.78, 5) is 39.3. The molecule has 3 rings (SSSR count). The number of nitrogens with zero attached hydrogens (tertiary/aromatic N) is 1. The first-order chi connectivity index (χ1) is 17.4. The van der Waals surface area contributed by atoms with E-state index in [1.807, 2.05) is 0 Å². The van der Waals surface area contributed by atoms with E-state index >= 15 is 0 Å². The van der Waals surface area contributed by atoms with E-state index in [0.717, 1.165) is 12.8 Å². The third-order valence-electron chi connectivity index (χ3n) is 5.37. The Balaban J connectivity index is 1.61. The lowest BCUT2D eigenvalue weighted by Gasteiger charge is -2.20. The fraction of sp³-hybridized carbons (Fsp3) is 0.296. The van der Waals surface area contributed by atoms with Gasteiger partial charge in [0.1, 0.15) is 5.76 Å². The lowest BCUT2D eigenvalue weighted by molar-refractivity contribution is -0.121. The third-order valence-corrected chi connectivity index (χ3v) is 5.37. The highest BCUT2D eigenvalue weighted by atomic mass is 16.5. The van der Waals surface area contributed by atoms with Gasteiger partial charge in [0.2, 0.25) is 0 Å². The zero-order valence-electron chi connectivity index (χ0n) is 20.6. The van der Waals surface area contributed by atoms with Crippen molar-refractivity contribution in [2.75, 3.05) is 32.3 Å². The van der Waals surface area contributed by atoms with Gasteiger partial charge >= 0.3 is 5.97 Å². The average Bonchev–Trinajstić information content (AvgIpc) is 3.43. The molecule has 0 saturated carbocycles. The maximum atomic E-state index is 12.8. The van der Waals surface area contributed by atoms with E-state index in [2.05, 4.69) is 12.2 Å². The molecule has 0 spiro atoms. The van der Waals surface area contributed by atoms with E-state index in [1.165, 1.54) is 31.4 Å². The number of anilines is 1. The van der Waals surface area contributed by atoms with Crippen LogP contribution >= 0.6 is 0 Å². The number of esters is 1. The molecule has 9 nitrogen and oxygen atoms in total. The molecule has 3 aromatic rings. The van der Waals surface area contributed by atoms with Crippen molar-refractivity contribution < 1.29 is 33.0 Å². The van der Waals surface area contributed by atoms with E-state index in [-0.39, 0.29) is 18.0 Å². The first-order valence-corrected chi connectivity index (χ1v) is 11.6. The van der Waals surface area contributed by atoms with Crippen molar-refractivity contribution in [3.8, 4) is 11.5 Å². The van der Waals surface area contributed by atoms with Gasteiger partial charge < -0.3 is 28.8 Å². The minimum atomic E-state index is -0.681. The summed E-state index contributed by atoms with van der Waals surface area (Å²) in [6.45, 7) is 2.31. The van der Waals surface area contributed by atoms with Crippen molar-refractivity contribution >= 4 is 23.5 Å². The molecule has 0 fully saturated rings. The number of methoxy groups -OCH3 is 1. The van der Waals surface area contributed by atoms with Gasteiger partial charge in [0, 0.05) is 7.05 Å². The van der Waals surface area contributed by atoms with Crippen LogP contribution < -0.4 is 19.7 Å². The largest absolute Gasteiger partial charge is 0.493 e. The van der Waals surface area contributed by atoms with Crippen LogP contribution in [0.3, 0.4) is 0 Å². The molecule has 0 aliphatic rings.